The minimum atomic E-state index is 0.456. The summed E-state index contributed by atoms with van der Waals surface area (Å²) < 4.78 is 0. The van der Waals surface area contributed by atoms with Gasteiger partial charge in [-0.1, -0.05) is 32.0 Å². The van der Waals surface area contributed by atoms with Gasteiger partial charge in [-0.15, -0.1) is 0 Å². The second kappa shape index (κ2) is 5.13. The Morgan fingerprint density at radius 2 is 2.05 bits per heavy atom. The number of fused-ring (bicyclic) bond motifs is 1. The SMILES string of the molecule is Cc1[nH]c(CNC(C)C)nc1-c1c[nH]c2ccccc12. The van der Waals surface area contributed by atoms with Gasteiger partial charge in [-0.25, -0.2) is 4.98 Å². The molecule has 2 heterocycles. The number of rotatable bonds is 4. The van der Waals surface area contributed by atoms with Crippen LogP contribution in [0.1, 0.15) is 25.4 Å². The summed E-state index contributed by atoms with van der Waals surface area (Å²) in [6.07, 6.45) is 2.04. The number of imidazole rings is 1. The number of aromatic nitrogens is 3. The van der Waals surface area contributed by atoms with E-state index in [2.05, 4.69) is 54.3 Å². The molecule has 0 atom stereocenters. The normalized spacial score (nSPS) is 11.6. The van der Waals surface area contributed by atoms with E-state index in [0.29, 0.717) is 6.04 Å². The molecule has 0 aliphatic carbocycles. The lowest BCUT2D eigenvalue weighted by Gasteiger charge is -2.04. The lowest BCUT2D eigenvalue weighted by atomic mass is 10.1. The first-order valence-corrected chi connectivity index (χ1v) is 7.00. The van der Waals surface area contributed by atoms with Gasteiger partial charge in [0.15, 0.2) is 0 Å². The summed E-state index contributed by atoms with van der Waals surface area (Å²) in [7, 11) is 0. The van der Waals surface area contributed by atoms with Crippen molar-refractivity contribution >= 4 is 10.9 Å². The maximum absolute atomic E-state index is 4.74. The molecule has 0 spiro atoms. The zero-order valence-corrected chi connectivity index (χ0v) is 12.1. The Morgan fingerprint density at radius 3 is 2.85 bits per heavy atom. The lowest BCUT2D eigenvalue weighted by Crippen LogP contribution is -2.22. The second-order valence-electron chi connectivity index (χ2n) is 5.44. The Bertz CT molecular complexity index is 721. The fourth-order valence-electron chi connectivity index (χ4n) is 2.44. The van der Waals surface area contributed by atoms with E-state index >= 15 is 0 Å². The third-order valence-electron chi connectivity index (χ3n) is 3.46. The number of hydrogen-bond donors (Lipinski definition) is 3. The average molecular weight is 268 g/mol. The molecule has 20 heavy (non-hydrogen) atoms. The predicted molar refractivity (Wildman–Crippen MR) is 82.6 cm³/mol. The third kappa shape index (κ3) is 2.34. The number of hydrogen-bond acceptors (Lipinski definition) is 2. The number of nitrogens with zero attached hydrogens (tertiary/aromatic N) is 1. The highest BCUT2D eigenvalue weighted by molar-refractivity contribution is 5.95. The zero-order valence-electron chi connectivity index (χ0n) is 12.1. The summed E-state index contributed by atoms with van der Waals surface area (Å²) in [6, 6.07) is 8.77. The summed E-state index contributed by atoms with van der Waals surface area (Å²) in [4.78, 5) is 11.4. The van der Waals surface area contributed by atoms with Crippen LogP contribution < -0.4 is 5.32 Å². The molecular weight excluding hydrogens is 248 g/mol. The molecule has 0 saturated carbocycles. The molecule has 0 bridgehead atoms. The van der Waals surface area contributed by atoms with Crippen LogP contribution in [0.2, 0.25) is 0 Å². The first kappa shape index (κ1) is 12.9. The summed E-state index contributed by atoms with van der Waals surface area (Å²) in [5, 5.41) is 4.60. The molecule has 0 amide bonds. The van der Waals surface area contributed by atoms with Gasteiger partial charge >= 0.3 is 0 Å². The van der Waals surface area contributed by atoms with Crippen molar-refractivity contribution in [2.75, 3.05) is 0 Å². The topological polar surface area (TPSA) is 56.5 Å². The summed E-state index contributed by atoms with van der Waals surface area (Å²) >= 11 is 0. The van der Waals surface area contributed by atoms with Crippen LogP contribution in [0.5, 0.6) is 0 Å². The fourth-order valence-corrected chi connectivity index (χ4v) is 2.44. The zero-order chi connectivity index (χ0) is 14.1. The van der Waals surface area contributed by atoms with E-state index in [-0.39, 0.29) is 0 Å². The van der Waals surface area contributed by atoms with Crippen molar-refractivity contribution in [1.29, 1.82) is 0 Å². The van der Waals surface area contributed by atoms with Crippen molar-refractivity contribution < 1.29 is 0 Å². The van der Waals surface area contributed by atoms with Crippen LogP contribution in [0.15, 0.2) is 30.5 Å². The first-order valence-electron chi connectivity index (χ1n) is 7.00. The Hall–Kier alpha value is -2.07. The lowest BCUT2D eigenvalue weighted by molar-refractivity contribution is 0.575. The van der Waals surface area contributed by atoms with E-state index in [1.165, 1.54) is 5.39 Å². The largest absolute Gasteiger partial charge is 0.360 e. The minimum Gasteiger partial charge on any atom is -0.360 e. The molecular formula is C16H20N4. The summed E-state index contributed by atoms with van der Waals surface area (Å²) in [5.74, 6) is 0.983. The molecule has 4 nitrogen and oxygen atoms in total. The Kier molecular flexibility index (Phi) is 3.32. The van der Waals surface area contributed by atoms with Gasteiger partial charge in [0.05, 0.1) is 12.2 Å². The maximum atomic E-state index is 4.74. The quantitative estimate of drug-likeness (QED) is 0.679. The first-order chi connectivity index (χ1) is 9.65. The van der Waals surface area contributed by atoms with E-state index < -0.39 is 0 Å². The molecule has 3 aromatic rings. The average Bonchev–Trinajstić information content (AvgIpc) is 2.99. The minimum absolute atomic E-state index is 0.456. The molecule has 0 aliphatic heterocycles. The number of H-pyrrole nitrogens is 2. The molecule has 2 aromatic heterocycles. The van der Waals surface area contributed by atoms with Crippen molar-refractivity contribution in [2.24, 2.45) is 0 Å². The molecule has 0 aliphatic rings. The standard InChI is InChI=1S/C16H20N4/c1-10(2)17-9-15-19-11(3)16(20-15)13-8-18-14-7-5-4-6-12(13)14/h4-8,10,17-18H,9H2,1-3H3,(H,19,20). The number of aromatic amines is 2. The highest BCUT2D eigenvalue weighted by Crippen LogP contribution is 2.29. The van der Waals surface area contributed by atoms with E-state index in [1.807, 2.05) is 12.3 Å². The number of para-hydroxylation sites is 1. The fraction of sp³-hybridized carbons (Fsp3) is 0.312. The second-order valence-corrected chi connectivity index (χ2v) is 5.44. The van der Waals surface area contributed by atoms with Crippen molar-refractivity contribution in [3.63, 3.8) is 0 Å². The summed E-state index contributed by atoms with van der Waals surface area (Å²) in [6.45, 7) is 7.11. The van der Waals surface area contributed by atoms with Gasteiger partial charge in [-0.05, 0) is 13.0 Å². The predicted octanol–water partition coefficient (Wildman–Crippen LogP) is 3.36. The van der Waals surface area contributed by atoms with Crippen molar-refractivity contribution in [3.05, 3.63) is 42.0 Å². The molecule has 3 N–H and O–H groups in total. The number of aryl methyl sites for hydroxylation is 1. The van der Waals surface area contributed by atoms with E-state index in [0.717, 1.165) is 34.8 Å². The van der Waals surface area contributed by atoms with Gasteiger partial charge in [0.25, 0.3) is 0 Å². The molecule has 0 saturated heterocycles. The van der Waals surface area contributed by atoms with Crippen molar-refractivity contribution in [1.82, 2.24) is 20.3 Å². The van der Waals surface area contributed by atoms with Crippen molar-refractivity contribution in [3.8, 4) is 11.3 Å². The van der Waals surface area contributed by atoms with Crippen LogP contribution in [0.3, 0.4) is 0 Å². The maximum Gasteiger partial charge on any atom is 0.121 e. The van der Waals surface area contributed by atoms with Gasteiger partial charge in [0.2, 0.25) is 0 Å². The van der Waals surface area contributed by atoms with Gasteiger partial charge in [-0.2, -0.15) is 0 Å². The van der Waals surface area contributed by atoms with Crippen molar-refractivity contribution in [2.45, 2.75) is 33.4 Å². The van der Waals surface area contributed by atoms with E-state index in [9.17, 15) is 0 Å². The molecule has 0 radical (unpaired) electrons. The van der Waals surface area contributed by atoms with Crippen LogP contribution in [0.25, 0.3) is 22.2 Å². The van der Waals surface area contributed by atoms with E-state index in [1.54, 1.807) is 0 Å². The monoisotopic (exact) mass is 268 g/mol. The highest BCUT2D eigenvalue weighted by Gasteiger charge is 2.13. The smallest absolute Gasteiger partial charge is 0.121 e. The van der Waals surface area contributed by atoms with E-state index in [4.69, 9.17) is 4.98 Å². The van der Waals surface area contributed by atoms with Crippen LogP contribution in [-0.2, 0) is 6.54 Å². The number of benzene rings is 1. The molecule has 3 rings (SSSR count). The molecule has 0 unspecified atom stereocenters. The van der Waals surface area contributed by atoms with Gasteiger partial charge < -0.3 is 15.3 Å². The third-order valence-corrected chi connectivity index (χ3v) is 3.46. The molecule has 104 valence electrons. The Balaban J connectivity index is 1.97. The van der Waals surface area contributed by atoms with Gasteiger partial charge in [0.1, 0.15) is 5.82 Å². The Labute approximate surface area is 118 Å². The molecule has 1 aromatic carbocycles. The van der Waals surface area contributed by atoms with Gasteiger partial charge in [0, 0.05) is 34.4 Å². The molecule has 4 heteroatoms. The van der Waals surface area contributed by atoms with Crippen LogP contribution in [0.4, 0.5) is 0 Å². The Morgan fingerprint density at radius 1 is 1.25 bits per heavy atom. The molecule has 0 fully saturated rings. The van der Waals surface area contributed by atoms with Crippen LogP contribution >= 0.6 is 0 Å². The van der Waals surface area contributed by atoms with Gasteiger partial charge in [-0.3, -0.25) is 0 Å². The highest BCUT2D eigenvalue weighted by atomic mass is 15.0. The summed E-state index contributed by atoms with van der Waals surface area (Å²) in [5.41, 5.74) is 4.44. The van der Waals surface area contributed by atoms with Crippen LogP contribution in [-0.4, -0.2) is 21.0 Å². The number of nitrogens with one attached hydrogen (secondary N) is 3. The van der Waals surface area contributed by atoms with Crippen LogP contribution in [0, 0.1) is 6.92 Å².